The SMILES string of the molecule is CC(C)(C)N(CCO)Cc1ccc(Cl)cc1Cl. The highest BCUT2D eigenvalue weighted by molar-refractivity contribution is 6.35. The first-order valence-electron chi connectivity index (χ1n) is 5.64. The zero-order valence-corrected chi connectivity index (χ0v) is 12.0. The Kier molecular flexibility index (Phi) is 5.26. The summed E-state index contributed by atoms with van der Waals surface area (Å²) in [4.78, 5) is 2.18. The number of hydrogen-bond acceptors (Lipinski definition) is 2. The molecule has 17 heavy (non-hydrogen) atoms. The van der Waals surface area contributed by atoms with E-state index in [1.54, 1.807) is 6.07 Å². The molecular weight excluding hydrogens is 257 g/mol. The van der Waals surface area contributed by atoms with Crippen molar-refractivity contribution in [3.8, 4) is 0 Å². The second-order valence-electron chi connectivity index (χ2n) is 5.05. The smallest absolute Gasteiger partial charge is 0.0558 e. The molecule has 0 saturated heterocycles. The van der Waals surface area contributed by atoms with Crippen LogP contribution in [0.15, 0.2) is 18.2 Å². The third kappa shape index (κ3) is 4.47. The minimum absolute atomic E-state index is 0.00824. The van der Waals surface area contributed by atoms with Crippen LogP contribution in [-0.4, -0.2) is 28.7 Å². The molecule has 0 fully saturated rings. The topological polar surface area (TPSA) is 23.5 Å². The highest BCUT2D eigenvalue weighted by atomic mass is 35.5. The summed E-state index contributed by atoms with van der Waals surface area (Å²) in [6.45, 7) is 7.83. The van der Waals surface area contributed by atoms with E-state index >= 15 is 0 Å². The number of hydrogen-bond donors (Lipinski definition) is 1. The maximum atomic E-state index is 9.10. The predicted molar refractivity (Wildman–Crippen MR) is 73.7 cm³/mol. The maximum Gasteiger partial charge on any atom is 0.0558 e. The summed E-state index contributed by atoms with van der Waals surface area (Å²) >= 11 is 12.0. The zero-order chi connectivity index (χ0) is 13.1. The summed E-state index contributed by atoms with van der Waals surface area (Å²) in [6.07, 6.45) is 0. The van der Waals surface area contributed by atoms with Crippen molar-refractivity contribution in [2.45, 2.75) is 32.9 Å². The molecule has 1 aromatic rings. The van der Waals surface area contributed by atoms with Crippen LogP contribution in [0.3, 0.4) is 0 Å². The predicted octanol–water partition coefficient (Wildman–Crippen LogP) is 3.59. The summed E-state index contributed by atoms with van der Waals surface area (Å²) in [5, 5.41) is 10.4. The molecule has 0 bridgehead atoms. The molecule has 0 atom stereocenters. The van der Waals surface area contributed by atoms with Gasteiger partial charge in [0.25, 0.3) is 0 Å². The average molecular weight is 276 g/mol. The van der Waals surface area contributed by atoms with Crippen molar-refractivity contribution in [3.63, 3.8) is 0 Å². The van der Waals surface area contributed by atoms with Gasteiger partial charge >= 0.3 is 0 Å². The molecule has 0 aromatic heterocycles. The lowest BCUT2D eigenvalue weighted by Gasteiger charge is -2.35. The van der Waals surface area contributed by atoms with Crippen LogP contribution in [0.4, 0.5) is 0 Å². The van der Waals surface area contributed by atoms with Gasteiger partial charge < -0.3 is 5.11 Å². The largest absolute Gasteiger partial charge is 0.395 e. The molecule has 0 heterocycles. The van der Waals surface area contributed by atoms with Gasteiger partial charge in [0.1, 0.15) is 0 Å². The molecule has 0 unspecified atom stereocenters. The molecular formula is C13H19Cl2NO. The quantitative estimate of drug-likeness (QED) is 0.908. The third-order valence-corrected chi connectivity index (χ3v) is 3.28. The van der Waals surface area contributed by atoms with Gasteiger partial charge in [0, 0.05) is 28.7 Å². The summed E-state index contributed by atoms with van der Waals surface area (Å²) in [6, 6.07) is 5.52. The molecule has 0 radical (unpaired) electrons. The van der Waals surface area contributed by atoms with E-state index in [-0.39, 0.29) is 12.1 Å². The molecule has 1 rings (SSSR count). The minimum Gasteiger partial charge on any atom is -0.395 e. The normalized spacial score (nSPS) is 12.2. The molecule has 0 aliphatic carbocycles. The fourth-order valence-corrected chi connectivity index (χ4v) is 2.10. The van der Waals surface area contributed by atoms with Gasteiger partial charge in [-0.1, -0.05) is 29.3 Å². The number of β-amino-alcohol motifs (C(OH)–C–C–N with tert-alkyl or cyclic N) is 1. The standard InChI is InChI=1S/C13H19Cl2NO/c1-13(2,3)16(6-7-17)9-10-4-5-11(14)8-12(10)15/h4-5,8,17H,6-7,9H2,1-3H3. The van der Waals surface area contributed by atoms with Gasteiger partial charge in [-0.05, 0) is 38.5 Å². The lowest BCUT2D eigenvalue weighted by Crippen LogP contribution is -2.42. The Bertz CT molecular complexity index is 374. The van der Waals surface area contributed by atoms with Gasteiger partial charge in [0.2, 0.25) is 0 Å². The van der Waals surface area contributed by atoms with Gasteiger partial charge in [-0.3, -0.25) is 4.90 Å². The van der Waals surface area contributed by atoms with Gasteiger partial charge in [0.15, 0.2) is 0 Å². The Morgan fingerprint density at radius 2 is 1.88 bits per heavy atom. The number of benzene rings is 1. The molecule has 0 aliphatic heterocycles. The number of halogens is 2. The van der Waals surface area contributed by atoms with Crippen molar-refractivity contribution in [3.05, 3.63) is 33.8 Å². The van der Waals surface area contributed by atoms with Gasteiger partial charge in [-0.25, -0.2) is 0 Å². The summed E-state index contributed by atoms with van der Waals surface area (Å²) < 4.78 is 0. The Labute approximate surface area is 113 Å². The third-order valence-electron chi connectivity index (χ3n) is 2.69. The van der Waals surface area contributed by atoms with Gasteiger partial charge in [-0.2, -0.15) is 0 Å². The fourth-order valence-electron chi connectivity index (χ4n) is 1.63. The summed E-state index contributed by atoms with van der Waals surface area (Å²) in [7, 11) is 0. The fraction of sp³-hybridized carbons (Fsp3) is 0.538. The number of aliphatic hydroxyl groups is 1. The second-order valence-corrected chi connectivity index (χ2v) is 5.90. The van der Waals surface area contributed by atoms with E-state index in [2.05, 4.69) is 25.7 Å². The Balaban J connectivity index is 2.86. The molecule has 1 N–H and O–H groups in total. The number of rotatable bonds is 4. The minimum atomic E-state index is -0.00824. The van der Waals surface area contributed by atoms with Crippen LogP contribution in [0.5, 0.6) is 0 Å². The van der Waals surface area contributed by atoms with Gasteiger partial charge in [0.05, 0.1) is 6.61 Å². The van der Waals surface area contributed by atoms with Crippen LogP contribution in [0.1, 0.15) is 26.3 Å². The Hall–Kier alpha value is -0.280. The maximum absolute atomic E-state index is 9.10. The molecule has 1 aromatic carbocycles. The van der Waals surface area contributed by atoms with E-state index < -0.39 is 0 Å². The second kappa shape index (κ2) is 6.05. The van der Waals surface area contributed by atoms with Crippen LogP contribution < -0.4 is 0 Å². The molecule has 4 heteroatoms. The van der Waals surface area contributed by atoms with E-state index in [1.807, 2.05) is 12.1 Å². The van der Waals surface area contributed by atoms with Crippen molar-refractivity contribution in [1.29, 1.82) is 0 Å². The Morgan fingerprint density at radius 1 is 1.24 bits per heavy atom. The van der Waals surface area contributed by atoms with Crippen molar-refractivity contribution >= 4 is 23.2 Å². The zero-order valence-electron chi connectivity index (χ0n) is 10.5. The first-order valence-corrected chi connectivity index (χ1v) is 6.40. The van der Waals surface area contributed by atoms with E-state index in [1.165, 1.54) is 0 Å². The van der Waals surface area contributed by atoms with E-state index in [0.29, 0.717) is 23.1 Å². The van der Waals surface area contributed by atoms with Crippen LogP contribution in [-0.2, 0) is 6.54 Å². The van der Waals surface area contributed by atoms with Crippen LogP contribution in [0, 0.1) is 0 Å². The summed E-state index contributed by atoms with van der Waals surface area (Å²) in [5.74, 6) is 0. The van der Waals surface area contributed by atoms with Crippen LogP contribution in [0.2, 0.25) is 10.0 Å². The van der Waals surface area contributed by atoms with Crippen molar-refractivity contribution in [2.24, 2.45) is 0 Å². The molecule has 0 aliphatic rings. The molecule has 0 spiro atoms. The van der Waals surface area contributed by atoms with Crippen LogP contribution >= 0.6 is 23.2 Å². The number of nitrogens with zero attached hydrogens (tertiary/aromatic N) is 1. The van der Waals surface area contributed by atoms with Crippen molar-refractivity contribution in [1.82, 2.24) is 4.90 Å². The molecule has 2 nitrogen and oxygen atoms in total. The molecule has 96 valence electrons. The first kappa shape index (κ1) is 14.8. The first-order chi connectivity index (χ1) is 7.84. The lowest BCUT2D eigenvalue weighted by molar-refractivity contribution is 0.0984. The van der Waals surface area contributed by atoms with E-state index in [4.69, 9.17) is 28.3 Å². The molecule has 0 amide bonds. The highest BCUT2D eigenvalue weighted by Gasteiger charge is 2.21. The number of aliphatic hydroxyl groups excluding tert-OH is 1. The van der Waals surface area contributed by atoms with E-state index in [9.17, 15) is 0 Å². The van der Waals surface area contributed by atoms with Crippen LogP contribution in [0.25, 0.3) is 0 Å². The molecule has 0 saturated carbocycles. The van der Waals surface area contributed by atoms with Gasteiger partial charge in [-0.15, -0.1) is 0 Å². The lowest BCUT2D eigenvalue weighted by atomic mass is 10.0. The van der Waals surface area contributed by atoms with E-state index in [0.717, 1.165) is 5.56 Å². The summed E-state index contributed by atoms with van der Waals surface area (Å²) in [5.41, 5.74) is 1.02. The van der Waals surface area contributed by atoms with Crippen molar-refractivity contribution < 1.29 is 5.11 Å². The monoisotopic (exact) mass is 275 g/mol. The average Bonchev–Trinajstić information content (AvgIpc) is 2.19. The van der Waals surface area contributed by atoms with Crippen molar-refractivity contribution in [2.75, 3.05) is 13.2 Å². The highest BCUT2D eigenvalue weighted by Crippen LogP contribution is 2.24. The Morgan fingerprint density at radius 3 is 2.35 bits per heavy atom.